The first-order valence-electron chi connectivity index (χ1n) is 4.36. The van der Waals surface area contributed by atoms with Gasteiger partial charge in [-0.15, -0.1) is 0 Å². The fourth-order valence-electron chi connectivity index (χ4n) is 1.20. The number of nitro groups is 1. The molecule has 0 aromatic rings. The van der Waals surface area contributed by atoms with E-state index in [-0.39, 0.29) is 11.7 Å². The molecule has 0 unspecified atom stereocenters. The maximum absolute atomic E-state index is 10.3. The number of rotatable bonds is 4. The summed E-state index contributed by atoms with van der Waals surface area (Å²) in [5, 5.41) is 18.7. The summed E-state index contributed by atoms with van der Waals surface area (Å²) in [6, 6.07) is 2.05. The van der Waals surface area contributed by atoms with Crippen LogP contribution in [0.25, 0.3) is 0 Å². The monoisotopic (exact) mass is 209 g/mol. The summed E-state index contributed by atoms with van der Waals surface area (Å²) in [5.41, 5.74) is 4.83. The van der Waals surface area contributed by atoms with E-state index in [1.54, 1.807) is 0 Å². The van der Waals surface area contributed by atoms with E-state index in [9.17, 15) is 10.1 Å². The molecule has 0 bridgehead atoms. The molecular formula is C8H11N5O2. The van der Waals surface area contributed by atoms with E-state index >= 15 is 0 Å². The maximum Gasteiger partial charge on any atom is 0.302 e. The van der Waals surface area contributed by atoms with Crippen molar-refractivity contribution in [2.24, 2.45) is 10.7 Å². The minimum absolute atomic E-state index is 0.0354. The summed E-state index contributed by atoms with van der Waals surface area (Å²) >= 11 is 0. The lowest BCUT2D eigenvalue weighted by atomic mass is 10.1. The molecular weight excluding hydrogens is 198 g/mol. The number of nitrogens with zero attached hydrogens (tertiary/aromatic N) is 4. The van der Waals surface area contributed by atoms with Gasteiger partial charge in [0.05, 0.1) is 29.8 Å². The highest BCUT2D eigenvalue weighted by Crippen LogP contribution is 2.10. The molecule has 0 atom stereocenters. The molecule has 7 heteroatoms. The quantitative estimate of drug-likeness (QED) is 0.286. The Bertz CT molecular complexity index is 337. The van der Waals surface area contributed by atoms with Gasteiger partial charge in [0, 0.05) is 13.1 Å². The fraction of sp³-hybridized carbons (Fsp3) is 0.500. The molecule has 0 aliphatic carbocycles. The van der Waals surface area contributed by atoms with Crippen LogP contribution in [0.15, 0.2) is 16.9 Å². The Kier molecular flexibility index (Phi) is 3.76. The molecule has 1 heterocycles. The molecule has 7 nitrogen and oxygen atoms in total. The van der Waals surface area contributed by atoms with Crippen LogP contribution in [0, 0.1) is 21.4 Å². The van der Waals surface area contributed by atoms with Crippen molar-refractivity contribution in [2.75, 3.05) is 19.6 Å². The zero-order valence-electron chi connectivity index (χ0n) is 8.04. The van der Waals surface area contributed by atoms with Gasteiger partial charge in [0.25, 0.3) is 0 Å². The van der Waals surface area contributed by atoms with Crippen molar-refractivity contribution in [3.63, 3.8) is 0 Å². The summed E-state index contributed by atoms with van der Waals surface area (Å²) in [6.45, 7) is 1.71. The van der Waals surface area contributed by atoms with E-state index in [0.29, 0.717) is 19.6 Å². The van der Waals surface area contributed by atoms with Gasteiger partial charge in [0.2, 0.25) is 0 Å². The van der Waals surface area contributed by atoms with Crippen molar-refractivity contribution in [1.29, 1.82) is 5.26 Å². The Morgan fingerprint density at radius 2 is 2.47 bits per heavy atom. The maximum atomic E-state index is 10.3. The highest BCUT2D eigenvalue weighted by molar-refractivity contribution is 5.75. The van der Waals surface area contributed by atoms with Gasteiger partial charge in [-0.25, -0.2) is 0 Å². The van der Waals surface area contributed by atoms with E-state index in [0.717, 1.165) is 12.4 Å². The van der Waals surface area contributed by atoms with Gasteiger partial charge >= 0.3 is 5.70 Å². The second-order valence-electron chi connectivity index (χ2n) is 3.13. The zero-order chi connectivity index (χ0) is 11.3. The number of hydrogen-bond donors (Lipinski definition) is 1. The zero-order valence-corrected chi connectivity index (χ0v) is 8.04. The lowest BCUT2D eigenvalue weighted by Gasteiger charge is -2.34. The van der Waals surface area contributed by atoms with E-state index in [2.05, 4.69) is 4.99 Å². The summed E-state index contributed by atoms with van der Waals surface area (Å²) in [7, 11) is 0. The smallest absolute Gasteiger partial charge is 0.302 e. The molecule has 0 saturated carbocycles. The SMILES string of the molecule is N#CCN1CC(N=C/C(=C\N)[N+](=O)[O-])C1. The Balaban J connectivity index is 2.36. The number of hydrogen-bond acceptors (Lipinski definition) is 6. The molecule has 0 amide bonds. The Morgan fingerprint density at radius 3 is 2.93 bits per heavy atom. The molecule has 1 rings (SSSR count). The van der Waals surface area contributed by atoms with Crippen LogP contribution in [-0.2, 0) is 0 Å². The molecule has 0 aromatic heterocycles. The van der Waals surface area contributed by atoms with Gasteiger partial charge in [0.15, 0.2) is 0 Å². The molecule has 0 radical (unpaired) electrons. The Labute approximate surface area is 86.6 Å². The summed E-state index contributed by atoms with van der Waals surface area (Å²) in [6.07, 6.45) is 2.07. The summed E-state index contributed by atoms with van der Waals surface area (Å²) in [5.74, 6) is 0. The fourth-order valence-corrected chi connectivity index (χ4v) is 1.20. The molecule has 1 fully saturated rings. The third-order valence-electron chi connectivity index (χ3n) is 2.03. The van der Waals surface area contributed by atoms with Crippen LogP contribution >= 0.6 is 0 Å². The lowest BCUT2D eigenvalue weighted by molar-refractivity contribution is -0.414. The van der Waals surface area contributed by atoms with Crippen LogP contribution in [0.5, 0.6) is 0 Å². The minimum Gasteiger partial charge on any atom is -0.399 e. The van der Waals surface area contributed by atoms with E-state index in [1.165, 1.54) is 0 Å². The molecule has 80 valence electrons. The number of aliphatic imine (C=N–C) groups is 1. The largest absolute Gasteiger partial charge is 0.399 e. The molecule has 0 aromatic carbocycles. The van der Waals surface area contributed by atoms with E-state index in [1.807, 2.05) is 11.0 Å². The van der Waals surface area contributed by atoms with E-state index < -0.39 is 4.92 Å². The van der Waals surface area contributed by atoms with Gasteiger partial charge in [-0.3, -0.25) is 20.0 Å². The minimum atomic E-state index is -0.588. The molecule has 15 heavy (non-hydrogen) atoms. The van der Waals surface area contributed by atoms with Crippen LogP contribution in [0.4, 0.5) is 0 Å². The standard InChI is InChI=1S/C8H11N5O2/c9-1-2-12-5-7(6-12)11-4-8(3-10)13(14)15/h3-4,7H,2,5-6,10H2/b8-3+,11-4?. The summed E-state index contributed by atoms with van der Waals surface area (Å²) in [4.78, 5) is 15.6. The van der Waals surface area contributed by atoms with Gasteiger partial charge in [-0.2, -0.15) is 5.26 Å². The second kappa shape index (κ2) is 5.07. The van der Waals surface area contributed by atoms with Crippen molar-refractivity contribution in [2.45, 2.75) is 6.04 Å². The predicted octanol–water partition coefficient (Wildman–Crippen LogP) is -0.658. The molecule has 1 aliphatic rings. The lowest BCUT2D eigenvalue weighted by Crippen LogP contribution is -2.49. The van der Waals surface area contributed by atoms with Crippen LogP contribution < -0.4 is 5.73 Å². The summed E-state index contributed by atoms with van der Waals surface area (Å²) < 4.78 is 0. The second-order valence-corrected chi connectivity index (χ2v) is 3.13. The first kappa shape index (κ1) is 11.1. The predicted molar refractivity (Wildman–Crippen MR) is 53.6 cm³/mol. The Hall–Kier alpha value is -1.94. The van der Waals surface area contributed by atoms with Crippen LogP contribution in [-0.4, -0.2) is 41.7 Å². The number of nitriles is 1. The van der Waals surface area contributed by atoms with Crippen molar-refractivity contribution in [1.82, 2.24) is 4.90 Å². The van der Waals surface area contributed by atoms with Gasteiger partial charge < -0.3 is 5.73 Å². The third kappa shape index (κ3) is 3.03. The van der Waals surface area contributed by atoms with Gasteiger partial charge in [0.1, 0.15) is 6.21 Å². The number of nitrogens with two attached hydrogens (primary N) is 1. The first-order valence-corrected chi connectivity index (χ1v) is 4.36. The third-order valence-corrected chi connectivity index (χ3v) is 2.03. The molecule has 1 aliphatic heterocycles. The van der Waals surface area contributed by atoms with Crippen LogP contribution in [0.3, 0.4) is 0 Å². The van der Waals surface area contributed by atoms with Crippen LogP contribution in [0.2, 0.25) is 0 Å². The molecule has 1 saturated heterocycles. The average molecular weight is 209 g/mol. The molecule has 2 N–H and O–H groups in total. The Morgan fingerprint density at radius 1 is 1.80 bits per heavy atom. The average Bonchev–Trinajstić information content (AvgIpc) is 2.13. The number of likely N-dealkylation sites (tertiary alicyclic amines) is 1. The van der Waals surface area contributed by atoms with Gasteiger partial charge in [-0.05, 0) is 0 Å². The van der Waals surface area contributed by atoms with Crippen molar-refractivity contribution >= 4 is 6.21 Å². The van der Waals surface area contributed by atoms with E-state index in [4.69, 9.17) is 11.0 Å². The first-order chi connectivity index (χ1) is 7.17. The number of allylic oxidation sites excluding steroid dienone is 1. The normalized spacial score (nSPS) is 18.7. The van der Waals surface area contributed by atoms with Gasteiger partial charge in [-0.1, -0.05) is 0 Å². The van der Waals surface area contributed by atoms with Crippen molar-refractivity contribution in [3.8, 4) is 6.07 Å². The van der Waals surface area contributed by atoms with Crippen molar-refractivity contribution in [3.05, 3.63) is 22.0 Å². The highest BCUT2D eigenvalue weighted by atomic mass is 16.6. The van der Waals surface area contributed by atoms with Crippen LogP contribution in [0.1, 0.15) is 0 Å². The molecule has 0 spiro atoms. The highest BCUT2D eigenvalue weighted by Gasteiger charge is 2.25. The van der Waals surface area contributed by atoms with Crippen molar-refractivity contribution < 1.29 is 4.92 Å². The topological polar surface area (TPSA) is 109 Å².